The predicted molar refractivity (Wildman–Crippen MR) is 170 cm³/mol. The SMILES string of the molecule is CSCC[C@H](N)C(=O)N[C@@H](CC(C)C)C(=O)N[C@@H](CC(C)C)C(=O)N[C@@H](Cc1ccccc1)C(=O)N[C@H](C(=O)O)C(C)C. The molecule has 0 aliphatic heterocycles. The van der Waals surface area contributed by atoms with E-state index in [1.54, 1.807) is 49.9 Å². The number of amides is 4. The molecule has 0 unspecified atom stereocenters. The van der Waals surface area contributed by atoms with Crippen LogP contribution in [0.15, 0.2) is 30.3 Å². The highest BCUT2D eigenvalue weighted by Gasteiger charge is 2.33. The van der Waals surface area contributed by atoms with E-state index in [-0.39, 0.29) is 30.6 Å². The van der Waals surface area contributed by atoms with Gasteiger partial charge < -0.3 is 32.1 Å². The van der Waals surface area contributed by atoms with Gasteiger partial charge >= 0.3 is 5.97 Å². The molecule has 0 fully saturated rings. The molecule has 242 valence electrons. The summed E-state index contributed by atoms with van der Waals surface area (Å²) >= 11 is 1.57. The summed E-state index contributed by atoms with van der Waals surface area (Å²) in [6.45, 7) is 11.0. The van der Waals surface area contributed by atoms with E-state index in [1.807, 2.05) is 40.0 Å². The van der Waals surface area contributed by atoms with Gasteiger partial charge in [0.2, 0.25) is 23.6 Å². The Labute approximate surface area is 260 Å². The standard InChI is InChI=1S/C31H51N5O6S/c1-18(2)15-23(33-27(37)22(32)13-14-43-7)28(38)34-24(16-19(3)4)29(39)35-25(17-21-11-9-8-10-12-21)30(40)36-26(20(5)6)31(41)42/h8-12,18-20,22-26H,13-17,32H2,1-7H3,(H,33,37)(H,34,38)(H,35,39)(H,36,40)(H,41,42)/t22-,23-,24-,25-,26-/m0/s1. The molecular weight excluding hydrogens is 570 g/mol. The van der Waals surface area contributed by atoms with Gasteiger partial charge in [-0.15, -0.1) is 0 Å². The number of benzene rings is 1. The van der Waals surface area contributed by atoms with Crippen LogP contribution in [0, 0.1) is 17.8 Å². The zero-order valence-corrected chi connectivity index (χ0v) is 27.3. The minimum atomic E-state index is -1.18. The van der Waals surface area contributed by atoms with E-state index < -0.39 is 59.8 Å². The molecule has 1 aromatic carbocycles. The van der Waals surface area contributed by atoms with Gasteiger partial charge in [0.25, 0.3) is 0 Å². The second kappa shape index (κ2) is 19.2. The largest absolute Gasteiger partial charge is 0.480 e. The van der Waals surface area contributed by atoms with Crippen LogP contribution in [-0.2, 0) is 30.4 Å². The molecule has 12 heteroatoms. The average Bonchev–Trinajstić information content (AvgIpc) is 2.92. The highest BCUT2D eigenvalue weighted by molar-refractivity contribution is 7.98. The second-order valence-corrected chi connectivity index (χ2v) is 13.1. The number of hydrogen-bond acceptors (Lipinski definition) is 7. The molecule has 0 saturated carbocycles. The maximum Gasteiger partial charge on any atom is 0.326 e. The maximum absolute atomic E-state index is 13.6. The van der Waals surface area contributed by atoms with Crippen LogP contribution in [-0.4, -0.2) is 76.9 Å². The molecule has 0 aromatic heterocycles. The number of carboxylic acids is 1. The van der Waals surface area contributed by atoms with Crippen LogP contribution in [0.5, 0.6) is 0 Å². The fourth-order valence-electron chi connectivity index (χ4n) is 4.43. The van der Waals surface area contributed by atoms with E-state index in [9.17, 15) is 29.1 Å². The van der Waals surface area contributed by atoms with Gasteiger partial charge in [0.05, 0.1) is 6.04 Å². The quantitative estimate of drug-likeness (QED) is 0.136. The molecule has 0 aliphatic carbocycles. The Balaban J connectivity index is 3.21. The number of thioether (sulfide) groups is 1. The van der Waals surface area contributed by atoms with Gasteiger partial charge in [-0.3, -0.25) is 19.2 Å². The Morgan fingerprint density at radius 3 is 1.65 bits per heavy atom. The first kappa shape index (κ1) is 37.9. The number of aliphatic carboxylic acids is 1. The van der Waals surface area contributed by atoms with Crippen molar-refractivity contribution in [2.75, 3.05) is 12.0 Å². The van der Waals surface area contributed by atoms with E-state index >= 15 is 0 Å². The van der Waals surface area contributed by atoms with Crippen LogP contribution >= 0.6 is 11.8 Å². The Hall–Kier alpha value is -3.12. The molecule has 0 aliphatic rings. The van der Waals surface area contributed by atoms with Crippen LogP contribution in [0.25, 0.3) is 0 Å². The van der Waals surface area contributed by atoms with Gasteiger partial charge in [0.1, 0.15) is 24.2 Å². The Morgan fingerprint density at radius 2 is 1.21 bits per heavy atom. The average molecular weight is 622 g/mol. The van der Waals surface area contributed by atoms with Crippen LogP contribution in [0.4, 0.5) is 0 Å². The monoisotopic (exact) mass is 621 g/mol. The molecule has 4 amide bonds. The third kappa shape index (κ3) is 14.3. The van der Waals surface area contributed by atoms with Crippen LogP contribution < -0.4 is 27.0 Å². The molecule has 0 radical (unpaired) electrons. The Kier molecular flexibility index (Phi) is 16.9. The van der Waals surface area contributed by atoms with E-state index in [0.717, 1.165) is 5.56 Å². The molecule has 43 heavy (non-hydrogen) atoms. The van der Waals surface area contributed by atoms with Crippen molar-refractivity contribution in [1.82, 2.24) is 21.3 Å². The van der Waals surface area contributed by atoms with Gasteiger partial charge in [0.15, 0.2) is 0 Å². The zero-order chi connectivity index (χ0) is 32.7. The lowest BCUT2D eigenvalue weighted by atomic mass is 9.98. The van der Waals surface area contributed by atoms with Gasteiger partial charge in [-0.05, 0) is 54.6 Å². The van der Waals surface area contributed by atoms with Crippen molar-refractivity contribution in [2.24, 2.45) is 23.5 Å². The number of carboxylic acid groups (broad SMARTS) is 1. The topological polar surface area (TPSA) is 180 Å². The smallest absolute Gasteiger partial charge is 0.326 e. The lowest BCUT2D eigenvalue weighted by molar-refractivity contribution is -0.143. The Morgan fingerprint density at radius 1 is 0.744 bits per heavy atom. The molecule has 11 nitrogen and oxygen atoms in total. The lowest BCUT2D eigenvalue weighted by Gasteiger charge is -2.28. The van der Waals surface area contributed by atoms with E-state index in [0.29, 0.717) is 18.6 Å². The number of rotatable bonds is 19. The number of nitrogens with two attached hydrogens (primary N) is 1. The summed E-state index contributed by atoms with van der Waals surface area (Å²) < 4.78 is 0. The third-order valence-corrected chi connectivity index (χ3v) is 7.44. The van der Waals surface area contributed by atoms with Gasteiger partial charge in [-0.25, -0.2) is 4.79 Å². The summed E-state index contributed by atoms with van der Waals surface area (Å²) in [4.78, 5) is 64.9. The molecule has 0 saturated heterocycles. The summed E-state index contributed by atoms with van der Waals surface area (Å²) in [6, 6.07) is 4.14. The van der Waals surface area contributed by atoms with Crippen molar-refractivity contribution < 1.29 is 29.1 Å². The first-order valence-corrected chi connectivity index (χ1v) is 16.3. The fraction of sp³-hybridized carbons (Fsp3) is 0.645. The Bertz CT molecular complexity index is 1050. The van der Waals surface area contributed by atoms with Gasteiger partial charge in [-0.2, -0.15) is 11.8 Å². The molecule has 5 atom stereocenters. The summed E-state index contributed by atoms with van der Waals surface area (Å²) in [5, 5.41) is 20.4. The first-order chi connectivity index (χ1) is 20.2. The molecule has 1 rings (SSSR count). The summed E-state index contributed by atoms with van der Waals surface area (Å²) in [5.74, 6) is -2.96. The molecule has 1 aromatic rings. The number of carbonyl (C=O) groups excluding carboxylic acids is 4. The van der Waals surface area contributed by atoms with Crippen molar-refractivity contribution in [1.29, 1.82) is 0 Å². The summed E-state index contributed by atoms with van der Waals surface area (Å²) in [5.41, 5.74) is 6.79. The van der Waals surface area contributed by atoms with Gasteiger partial charge in [0, 0.05) is 6.42 Å². The van der Waals surface area contributed by atoms with Crippen molar-refractivity contribution in [3.05, 3.63) is 35.9 Å². The van der Waals surface area contributed by atoms with Crippen molar-refractivity contribution in [3.63, 3.8) is 0 Å². The highest BCUT2D eigenvalue weighted by Crippen LogP contribution is 2.12. The molecular formula is C31H51N5O6S. The minimum Gasteiger partial charge on any atom is -0.480 e. The van der Waals surface area contributed by atoms with Crippen molar-refractivity contribution >= 4 is 41.4 Å². The number of carbonyl (C=O) groups is 5. The lowest BCUT2D eigenvalue weighted by Crippen LogP contribution is -2.59. The van der Waals surface area contributed by atoms with E-state index in [4.69, 9.17) is 5.73 Å². The number of hydrogen-bond donors (Lipinski definition) is 6. The fourth-order valence-corrected chi connectivity index (χ4v) is 4.92. The summed E-state index contributed by atoms with van der Waals surface area (Å²) in [7, 11) is 0. The van der Waals surface area contributed by atoms with Crippen molar-refractivity contribution in [2.45, 2.75) is 97.4 Å². The van der Waals surface area contributed by atoms with Crippen LogP contribution in [0.2, 0.25) is 0 Å². The van der Waals surface area contributed by atoms with E-state index in [2.05, 4.69) is 21.3 Å². The van der Waals surface area contributed by atoms with Crippen LogP contribution in [0.3, 0.4) is 0 Å². The normalized spacial score (nSPS) is 14.9. The minimum absolute atomic E-state index is 0.00730. The van der Waals surface area contributed by atoms with Crippen LogP contribution in [0.1, 0.15) is 66.4 Å². The molecule has 0 spiro atoms. The zero-order valence-electron chi connectivity index (χ0n) is 26.5. The molecule has 7 N–H and O–H groups in total. The third-order valence-electron chi connectivity index (χ3n) is 6.80. The number of nitrogens with one attached hydrogen (secondary N) is 4. The highest BCUT2D eigenvalue weighted by atomic mass is 32.2. The summed E-state index contributed by atoms with van der Waals surface area (Å²) in [6.07, 6.45) is 3.11. The molecule has 0 bridgehead atoms. The van der Waals surface area contributed by atoms with Gasteiger partial charge in [-0.1, -0.05) is 71.9 Å². The first-order valence-electron chi connectivity index (χ1n) is 14.9. The van der Waals surface area contributed by atoms with E-state index in [1.165, 1.54) is 0 Å². The predicted octanol–water partition coefficient (Wildman–Crippen LogP) is 2.08. The van der Waals surface area contributed by atoms with Crippen molar-refractivity contribution in [3.8, 4) is 0 Å². The maximum atomic E-state index is 13.6. The molecule has 0 heterocycles. The second-order valence-electron chi connectivity index (χ2n) is 12.1.